The summed E-state index contributed by atoms with van der Waals surface area (Å²) in [6.45, 7) is 2.60. The molecule has 4 heteroatoms. The maximum absolute atomic E-state index is 5.87. The summed E-state index contributed by atoms with van der Waals surface area (Å²) in [6, 6.07) is 6.05. The monoisotopic (exact) mass is 207 g/mol. The van der Waals surface area contributed by atoms with Crippen molar-refractivity contribution >= 4 is 11.4 Å². The Balaban J connectivity index is 2.45. The molecular weight excluding hydrogens is 190 g/mol. The van der Waals surface area contributed by atoms with Gasteiger partial charge in [0.05, 0.1) is 17.4 Å². The van der Waals surface area contributed by atoms with Crippen LogP contribution < -0.4 is 21.1 Å². The number of nitrogen functional groups attached to an aromatic ring is 1. The van der Waals surface area contributed by atoms with Crippen molar-refractivity contribution < 1.29 is 4.74 Å². The smallest absolute Gasteiger partial charge is 0.166 e. The molecule has 0 spiro atoms. The van der Waals surface area contributed by atoms with Crippen LogP contribution in [0.4, 0.5) is 11.4 Å². The van der Waals surface area contributed by atoms with Crippen molar-refractivity contribution in [1.82, 2.24) is 0 Å². The quantitative estimate of drug-likeness (QED) is 0.669. The molecular formula is C11H17N3O. The summed E-state index contributed by atoms with van der Waals surface area (Å²) < 4.78 is 5.80. The summed E-state index contributed by atoms with van der Waals surface area (Å²) in [7, 11) is 2.04. The van der Waals surface area contributed by atoms with E-state index >= 15 is 0 Å². The van der Waals surface area contributed by atoms with Gasteiger partial charge in [-0.1, -0.05) is 6.07 Å². The van der Waals surface area contributed by atoms with Crippen molar-refractivity contribution in [3.63, 3.8) is 0 Å². The Bertz CT molecular complexity index is 367. The summed E-state index contributed by atoms with van der Waals surface area (Å²) in [6.07, 6.45) is 0.00667. The fraction of sp³-hybridized carbons (Fsp3) is 0.455. The molecule has 0 fully saturated rings. The third-order valence-corrected chi connectivity index (χ3v) is 3.06. The van der Waals surface area contributed by atoms with Gasteiger partial charge in [-0.3, -0.25) is 0 Å². The van der Waals surface area contributed by atoms with Gasteiger partial charge in [0.1, 0.15) is 6.10 Å². The van der Waals surface area contributed by atoms with Crippen LogP contribution in [-0.2, 0) is 0 Å². The zero-order chi connectivity index (χ0) is 11.0. The largest absolute Gasteiger partial charge is 0.483 e. The number of hydrogen-bond donors (Lipinski definition) is 2. The van der Waals surface area contributed by atoms with Crippen LogP contribution in [0.5, 0.6) is 5.75 Å². The van der Waals surface area contributed by atoms with Gasteiger partial charge in [-0.25, -0.2) is 0 Å². The average Bonchev–Trinajstić information content (AvgIpc) is 2.24. The minimum atomic E-state index is 0.00667. The Kier molecular flexibility index (Phi) is 2.44. The molecule has 1 aliphatic rings. The van der Waals surface area contributed by atoms with Crippen molar-refractivity contribution in [1.29, 1.82) is 0 Å². The number of para-hydroxylation sites is 1. The Morgan fingerprint density at radius 2 is 2.20 bits per heavy atom. The van der Waals surface area contributed by atoms with E-state index < -0.39 is 0 Å². The van der Waals surface area contributed by atoms with E-state index in [4.69, 9.17) is 16.2 Å². The molecule has 0 radical (unpaired) electrons. The van der Waals surface area contributed by atoms with Gasteiger partial charge in [0.25, 0.3) is 0 Å². The van der Waals surface area contributed by atoms with Crippen LogP contribution in [0.15, 0.2) is 18.2 Å². The third kappa shape index (κ3) is 1.51. The van der Waals surface area contributed by atoms with Crippen LogP contribution in [0, 0.1) is 0 Å². The number of likely N-dealkylation sites (N-methyl/N-ethyl adjacent to an activating group) is 1. The highest BCUT2D eigenvalue weighted by atomic mass is 16.5. The van der Waals surface area contributed by atoms with Gasteiger partial charge in [-0.05, 0) is 19.1 Å². The number of hydrogen-bond acceptors (Lipinski definition) is 4. The van der Waals surface area contributed by atoms with E-state index in [1.165, 1.54) is 0 Å². The minimum Gasteiger partial charge on any atom is -0.483 e. The van der Waals surface area contributed by atoms with E-state index in [2.05, 4.69) is 11.8 Å². The maximum atomic E-state index is 5.87. The van der Waals surface area contributed by atoms with Crippen LogP contribution in [0.25, 0.3) is 0 Å². The summed E-state index contributed by atoms with van der Waals surface area (Å²) in [5, 5.41) is 0. The molecule has 1 aromatic rings. The van der Waals surface area contributed by atoms with Gasteiger partial charge in [-0.15, -0.1) is 0 Å². The van der Waals surface area contributed by atoms with Gasteiger partial charge < -0.3 is 21.1 Å². The molecule has 2 rings (SSSR count). The molecule has 2 unspecified atom stereocenters. The molecule has 0 aromatic heterocycles. The second-order valence-electron chi connectivity index (χ2n) is 3.94. The molecule has 1 aromatic carbocycles. The number of rotatable bonds is 1. The van der Waals surface area contributed by atoms with Gasteiger partial charge in [0.2, 0.25) is 0 Å². The van der Waals surface area contributed by atoms with Crippen LogP contribution in [0.3, 0.4) is 0 Å². The van der Waals surface area contributed by atoms with E-state index in [0.29, 0.717) is 12.2 Å². The molecule has 82 valence electrons. The highest BCUT2D eigenvalue weighted by Crippen LogP contribution is 2.39. The van der Waals surface area contributed by atoms with Crippen molar-refractivity contribution in [2.75, 3.05) is 24.2 Å². The summed E-state index contributed by atoms with van der Waals surface area (Å²) in [5.41, 5.74) is 13.2. The Morgan fingerprint density at radius 1 is 1.47 bits per heavy atom. The first-order valence-electron chi connectivity index (χ1n) is 5.13. The normalized spacial score (nSPS) is 24.6. The summed E-state index contributed by atoms with van der Waals surface area (Å²) in [4.78, 5) is 2.16. The molecule has 4 N–H and O–H groups in total. The molecule has 1 heterocycles. The number of nitrogens with two attached hydrogens (primary N) is 2. The fourth-order valence-corrected chi connectivity index (χ4v) is 1.91. The lowest BCUT2D eigenvalue weighted by molar-refractivity contribution is 0.169. The Hall–Kier alpha value is -1.42. The molecule has 0 amide bonds. The molecule has 1 aliphatic heterocycles. The van der Waals surface area contributed by atoms with Crippen molar-refractivity contribution in [3.05, 3.63) is 18.2 Å². The molecule has 2 atom stereocenters. The summed E-state index contributed by atoms with van der Waals surface area (Å²) >= 11 is 0. The van der Waals surface area contributed by atoms with E-state index in [1.807, 2.05) is 25.2 Å². The number of nitrogens with zero attached hydrogens (tertiary/aromatic N) is 1. The van der Waals surface area contributed by atoms with E-state index in [-0.39, 0.29) is 12.1 Å². The first kappa shape index (κ1) is 10.1. The van der Waals surface area contributed by atoms with Crippen LogP contribution in [-0.4, -0.2) is 25.7 Å². The zero-order valence-corrected chi connectivity index (χ0v) is 9.10. The van der Waals surface area contributed by atoms with Gasteiger partial charge in [0, 0.05) is 13.6 Å². The van der Waals surface area contributed by atoms with Crippen molar-refractivity contribution in [2.24, 2.45) is 5.73 Å². The molecule has 0 aliphatic carbocycles. The minimum absolute atomic E-state index is 0.00667. The molecule has 0 saturated heterocycles. The Morgan fingerprint density at radius 3 is 2.87 bits per heavy atom. The van der Waals surface area contributed by atoms with Crippen LogP contribution in [0.1, 0.15) is 6.92 Å². The lowest BCUT2D eigenvalue weighted by atomic mass is 10.1. The van der Waals surface area contributed by atoms with Gasteiger partial charge in [-0.2, -0.15) is 0 Å². The second-order valence-corrected chi connectivity index (χ2v) is 3.94. The molecule has 15 heavy (non-hydrogen) atoms. The standard InChI is InChI=1S/C11H17N3O/c1-7-10(6-12)15-11-8(13)4-3-5-9(11)14(7)2/h3-5,7,10H,6,12-13H2,1-2H3. The highest BCUT2D eigenvalue weighted by Gasteiger charge is 2.30. The highest BCUT2D eigenvalue weighted by molar-refractivity contribution is 5.71. The second kappa shape index (κ2) is 3.62. The number of anilines is 2. The third-order valence-electron chi connectivity index (χ3n) is 3.06. The molecule has 0 saturated carbocycles. The average molecular weight is 207 g/mol. The van der Waals surface area contributed by atoms with Crippen molar-refractivity contribution in [3.8, 4) is 5.75 Å². The molecule has 0 bridgehead atoms. The Labute approximate surface area is 89.8 Å². The van der Waals surface area contributed by atoms with Crippen LogP contribution in [0.2, 0.25) is 0 Å². The number of ether oxygens (including phenoxy) is 1. The lowest BCUT2D eigenvalue weighted by Crippen LogP contribution is -2.49. The van der Waals surface area contributed by atoms with E-state index in [0.717, 1.165) is 11.4 Å². The number of fused-ring (bicyclic) bond motifs is 1. The first-order valence-corrected chi connectivity index (χ1v) is 5.13. The molecule has 4 nitrogen and oxygen atoms in total. The maximum Gasteiger partial charge on any atom is 0.166 e. The summed E-state index contributed by atoms with van der Waals surface area (Å²) in [5.74, 6) is 0.758. The zero-order valence-electron chi connectivity index (χ0n) is 9.10. The van der Waals surface area contributed by atoms with E-state index in [1.54, 1.807) is 0 Å². The first-order chi connectivity index (χ1) is 7.15. The van der Waals surface area contributed by atoms with Gasteiger partial charge >= 0.3 is 0 Å². The predicted octanol–water partition coefficient (Wildman–Crippen LogP) is 0.813. The van der Waals surface area contributed by atoms with Crippen LogP contribution >= 0.6 is 0 Å². The SMILES string of the molecule is CC1C(CN)Oc2c(N)cccc2N1C. The lowest BCUT2D eigenvalue weighted by Gasteiger charge is -2.39. The fourth-order valence-electron chi connectivity index (χ4n) is 1.91. The van der Waals surface area contributed by atoms with E-state index in [9.17, 15) is 0 Å². The topological polar surface area (TPSA) is 64.5 Å². The van der Waals surface area contributed by atoms with Crippen molar-refractivity contribution in [2.45, 2.75) is 19.1 Å². The predicted molar refractivity (Wildman–Crippen MR) is 62.2 cm³/mol. The van der Waals surface area contributed by atoms with Gasteiger partial charge in [0.15, 0.2) is 5.75 Å². The number of benzene rings is 1.